The zero-order chi connectivity index (χ0) is 18.9. The Kier molecular flexibility index (Phi) is 5.34. The molecule has 4 nitrogen and oxygen atoms in total. The Labute approximate surface area is 162 Å². The smallest absolute Gasteiger partial charge is 0.263 e. The van der Waals surface area contributed by atoms with Gasteiger partial charge in [-0.15, -0.1) is 11.3 Å². The van der Waals surface area contributed by atoms with Crippen LogP contribution in [0.3, 0.4) is 0 Å². The van der Waals surface area contributed by atoms with Crippen LogP contribution in [0.2, 0.25) is 0 Å². The molecule has 2 heterocycles. The fourth-order valence-electron chi connectivity index (χ4n) is 2.78. The van der Waals surface area contributed by atoms with Crippen LogP contribution in [0, 0.1) is 4.77 Å². The summed E-state index contributed by atoms with van der Waals surface area (Å²) in [4.78, 5) is 17.9. The lowest BCUT2D eigenvalue weighted by Gasteiger charge is -2.19. The highest BCUT2D eigenvalue weighted by Gasteiger charge is 2.13. The topological polar surface area (TPSA) is 47.0 Å². The molecule has 0 aliphatic heterocycles. The first-order valence-corrected chi connectivity index (χ1v) is 10.0. The molecule has 0 amide bonds. The van der Waals surface area contributed by atoms with Gasteiger partial charge in [0.15, 0.2) is 4.77 Å². The maximum absolute atomic E-state index is 12.7. The number of thiophene rings is 1. The molecule has 0 atom stereocenters. The van der Waals surface area contributed by atoms with E-state index in [1.165, 1.54) is 10.4 Å². The van der Waals surface area contributed by atoms with E-state index in [1.54, 1.807) is 15.9 Å². The third-order valence-electron chi connectivity index (χ3n) is 4.38. The number of hydrogen-bond acceptors (Lipinski definition) is 4. The third kappa shape index (κ3) is 3.91. The second kappa shape index (κ2) is 7.37. The number of benzene rings is 1. The lowest BCUT2D eigenvalue weighted by Crippen LogP contribution is -2.24. The van der Waals surface area contributed by atoms with Gasteiger partial charge < -0.3 is 9.72 Å². The Morgan fingerprint density at radius 2 is 1.92 bits per heavy atom. The summed E-state index contributed by atoms with van der Waals surface area (Å²) in [6.07, 6.45) is 0.910. The lowest BCUT2D eigenvalue weighted by atomic mass is 9.87. The van der Waals surface area contributed by atoms with E-state index in [4.69, 9.17) is 17.0 Å². The predicted octanol–water partition coefficient (Wildman–Crippen LogP) is 5.06. The van der Waals surface area contributed by atoms with Gasteiger partial charge in [-0.1, -0.05) is 39.8 Å². The maximum atomic E-state index is 12.7. The number of aromatic nitrogens is 2. The standard InChI is InChI=1S/C20H24N2O2S2/c1-5-15-12-16-17(26-15)21-19(25)22(18(16)23)10-11-24-14-8-6-13(7-9-14)20(2,3)4/h6-9,12H,5,10-11H2,1-4H3,(H,21,25). The Morgan fingerprint density at radius 3 is 2.54 bits per heavy atom. The highest BCUT2D eigenvalue weighted by Crippen LogP contribution is 2.24. The van der Waals surface area contributed by atoms with E-state index < -0.39 is 0 Å². The van der Waals surface area contributed by atoms with Gasteiger partial charge in [-0.2, -0.15) is 0 Å². The molecule has 3 aromatic rings. The van der Waals surface area contributed by atoms with Crippen LogP contribution in [0.5, 0.6) is 5.75 Å². The molecular formula is C20H24N2O2S2. The van der Waals surface area contributed by atoms with Crippen molar-refractivity contribution in [1.29, 1.82) is 0 Å². The molecule has 3 rings (SSSR count). The lowest BCUT2D eigenvalue weighted by molar-refractivity contribution is 0.295. The van der Waals surface area contributed by atoms with Crippen molar-refractivity contribution in [3.63, 3.8) is 0 Å². The van der Waals surface area contributed by atoms with Crippen molar-refractivity contribution in [2.24, 2.45) is 0 Å². The summed E-state index contributed by atoms with van der Waals surface area (Å²) in [6.45, 7) is 9.44. The van der Waals surface area contributed by atoms with Gasteiger partial charge in [0.05, 0.1) is 11.9 Å². The molecule has 0 fully saturated rings. The average molecular weight is 389 g/mol. The van der Waals surface area contributed by atoms with Crippen LogP contribution in [-0.2, 0) is 18.4 Å². The number of aryl methyl sites for hydroxylation is 1. The van der Waals surface area contributed by atoms with Crippen molar-refractivity contribution >= 4 is 33.8 Å². The van der Waals surface area contributed by atoms with Crippen molar-refractivity contribution < 1.29 is 4.74 Å². The van der Waals surface area contributed by atoms with Gasteiger partial charge in [0.25, 0.3) is 5.56 Å². The maximum Gasteiger partial charge on any atom is 0.263 e. The van der Waals surface area contributed by atoms with E-state index in [1.807, 2.05) is 18.2 Å². The number of rotatable bonds is 5. The van der Waals surface area contributed by atoms with Crippen molar-refractivity contribution in [3.8, 4) is 5.75 Å². The van der Waals surface area contributed by atoms with Crippen molar-refractivity contribution in [1.82, 2.24) is 9.55 Å². The second-order valence-corrected chi connectivity index (χ2v) is 8.84. The van der Waals surface area contributed by atoms with Gasteiger partial charge >= 0.3 is 0 Å². The van der Waals surface area contributed by atoms with Crippen LogP contribution in [0.4, 0.5) is 0 Å². The number of aromatic amines is 1. The van der Waals surface area contributed by atoms with Gasteiger partial charge in [0.1, 0.15) is 17.2 Å². The SMILES string of the molecule is CCc1cc2c(=O)n(CCOc3ccc(C(C)(C)C)cc3)c(=S)[nH]c2s1. The van der Waals surface area contributed by atoms with Crippen LogP contribution in [0.15, 0.2) is 35.1 Å². The van der Waals surface area contributed by atoms with Crippen molar-refractivity contribution in [2.45, 2.75) is 46.1 Å². The van der Waals surface area contributed by atoms with Gasteiger partial charge in [-0.05, 0) is 47.8 Å². The molecule has 138 valence electrons. The molecule has 0 unspecified atom stereocenters. The first kappa shape index (κ1) is 18.9. The van der Waals surface area contributed by atoms with E-state index >= 15 is 0 Å². The molecule has 1 N–H and O–H groups in total. The zero-order valence-electron chi connectivity index (χ0n) is 15.6. The third-order valence-corrected chi connectivity index (χ3v) is 5.89. The molecule has 0 aliphatic rings. The summed E-state index contributed by atoms with van der Waals surface area (Å²) >= 11 is 6.95. The summed E-state index contributed by atoms with van der Waals surface area (Å²) in [5.74, 6) is 0.797. The summed E-state index contributed by atoms with van der Waals surface area (Å²) in [7, 11) is 0. The number of ether oxygens (including phenoxy) is 1. The predicted molar refractivity (Wildman–Crippen MR) is 111 cm³/mol. The van der Waals surface area contributed by atoms with Crippen molar-refractivity contribution in [2.75, 3.05) is 6.61 Å². The number of hydrogen-bond donors (Lipinski definition) is 1. The Bertz CT molecular complexity index is 1020. The van der Waals surface area contributed by atoms with E-state index in [-0.39, 0.29) is 11.0 Å². The zero-order valence-corrected chi connectivity index (χ0v) is 17.2. The Balaban J connectivity index is 1.74. The minimum atomic E-state index is -0.0496. The summed E-state index contributed by atoms with van der Waals surface area (Å²) in [6, 6.07) is 10.1. The molecule has 26 heavy (non-hydrogen) atoms. The van der Waals surface area contributed by atoms with Gasteiger partial charge in [0, 0.05) is 4.88 Å². The number of fused-ring (bicyclic) bond motifs is 1. The van der Waals surface area contributed by atoms with Crippen LogP contribution in [0.1, 0.15) is 38.1 Å². The van der Waals surface area contributed by atoms with Crippen LogP contribution >= 0.6 is 23.6 Å². The van der Waals surface area contributed by atoms with Gasteiger partial charge in [-0.3, -0.25) is 9.36 Å². The molecule has 2 aromatic heterocycles. The van der Waals surface area contributed by atoms with Gasteiger partial charge in [-0.25, -0.2) is 0 Å². The molecule has 0 saturated carbocycles. The Morgan fingerprint density at radius 1 is 1.23 bits per heavy atom. The van der Waals surface area contributed by atoms with Crippen LogP contribution in [-0.4, -0.2) is 16.2 Å². The van der Waals surface area contributed by atoms with Crippen molar-refractivity contribution in [3.05, 3.63) is 55.9 Å². The average Bonchev–Trinajstić information content (AvgIpc) is 3.00. The molecule has 0 spiro atoms. The molecule has 0 bridgehead atoms. The first-order chi connectivity index (χ1) is 12.3. The number of H-pyrrole nitrogens is 1. The minimum absolute atomic E-state index is 0.0496. The Hall–Kier alpha value is -1.92. The number of nitrogens with one attached hydrogen (secondary N) is 1. The fraction of sp³-hybridized carbons (Fsp3) is 0.400. The van der Waals surface area contributed by atoms with E-state index in [2.05, 4.69) is 44.8 Å². The van der Waals surface area contributed by atoms with E-state index in [0.29, 0.717) is 23.3 Å². The summed E-state index contributed by atoms with van der Waals surface area (Å²) < 4.78 is 7.83. The molecule has 6 heteroatoms. The minimum Gasteiger partial charge on any atom is -0.492 e. The quantitative estimate of drug-likeness (QED) is 0.622. The second-order valence-electron chi connectivity index (χ2n) is 7.32. The fourth-order valence-corrected chi connectivity index (χ4v) is 4.11. The summed E-state index contributed by atoms with van der Waals surface area (Å²) in [5.41, 5.74) is 1.33. The first-order valence-electron chi connectivity index (χ1n) is 8.78. The molecule has 0 saturated heterocycles. The highest BCUT2D eigenvalue weighted by molar-refractivity contribution is 7.71. The summed E-state index contributed by atoms with van der Waals surface area (Å²) in [5, 5.41) is 0.704. The van der Waals surface area contributed by atoms with E-state index in [0.717, 1.165) is 17.0 Å². The van der Waals surface area contributed by atoms with Crippen LogP contribution in [0.25, 0.3) is 10.2 Å². The monoisotopic (exact) mass is 388 g/mol. The molecular weight excluding hydrogens is 364 g/mol. The number of nitrogens with zero attached hydrogens (tertiary/aromatic N) is 1. The molecule has 0 aliphatic carbocycles. The van der Waals surface area contributed by atoms with Gasteiger partial charge in [0.2, 0.25) is 0 Å². The molecule has 0 radical (unpaired) electrons. The van der Waals surface area contributed by atoms with E-state index in [9.17, 15) is 4.79 Å². The largest absolute Gasteiger partial charge is 0.492 e. The van der Waals surface area contributed by atoms with Crippen LogP contribution < -0.4 is 10.3 Å². The highest BCUT2D eigenvalue weighted by atomic mass is 32.1. The molecule has 1 aromatic carbocycles. The normalized spacial score (nSPS) is 11.8.